The van der Waals surface area contributed by atoms with Gasteiger partial charge in [0.25, 0.3) is 0 Å². The molecule has 112 valence electrons. The Morgan fingerprint density at radius 1 is 1.00 bits per heavy atom. The lowest BCUT2D eigenvalue weighted by atomic mass is 10.0. The van der Waals surface area contributed by atoms with Gasteiger partial charge in [-0.1, -0.05) is 52.0 Å². The zero-order valence-electron chi connectivity index (χ0n) is 13.2. The molecule has 2 rings (SSSR count). The number of aromatic nitrogens is 2. The van der Waals surface area contributed by atoms with Gasteiger partial charge < -0.3 is 11.1 Å². The molecule has 0 fully saturated rings. The normalized spacial score (nSPS) is 11.1. The van der Waals surface area contributed by atoms with Crippen LogP contribution in [-0.2, 0) is 6.54 Å². The summed E-state index contributed by atoms with van der Waals surface area (Å²) in [6, 6.07) is 8.67. The van der Waals surface area contributed by atoms with Gasteiger partial charge in [-0.15, -0.1) is 0 Å². The van der Waals surface area contributed by atoms with Crippen LogP contribution in [0.2, 0.25) is 0 Å². The number of rotatable bonds is 5. The molecule has 3 N–H and O–H groups in total. The van der Waals surface area contributed by atoms with Crippen molar-refractivity contribution >= 4 is 11.6 Å². The molecule has 1 aromatic heterocycles. The first-order valence-corrected chi connectivity index (χ1v) is 7.42. The minimum absolute atomic E-state index is 0.289. The molecule has 1 heterocycles. The average Bonchev–Trinajstić information content (AvgIpc) is 2.45. The minimum Gasteiger partial charge on any atom is -0.383 e. The number of anilines is 2. The smallest absolute Gasteiger partial charge is 0.135 e. The largest absolute Gasteiger partial charge is 0.383 e. The van der Waals surface area contributed by atoms with Crippen molar-refractivity contribution in [2.75, 3.05) is 11.1 Å². The number of benzene rings is 1. The average molecular weight is 284 g/mol. The third-order valence-electron chi connectivity index (χ3n) is 3.60. The van der Waals surface area contributed by atoms with Gasteiger partial charge in [-0.2, -0.15) is 0 Å². The topological polar surface area (TPSA) is 63.8 Å². The Balaban J connectivity index is 2.11. The van der Waals surface area contributed by atoms with Crippen LogP contribution in [0.4, 0.5) is 11.6 Å². The van der Waals surface area contributed by atoms with E-state index < -0.39 is 0 Å². The van der Waals surface area contributed by atoms with Crippen LogP contribution in [0.3, 0.4) is 0 Å². The summed E-state index contributed by atoms with van der Waals surface area (Å²) in [4.78, 5) is 8.39. The van der Waals surface area contributed by atoms with Gasteiger partial charge in [0.2, 0.25) is 0 Å². The maximum absolute atomic E-state index is 5.95. The lowest BCUT2D eigenvalue weighted by Crippen LogP contribution is -2.09. The van der Waals surface area contributed by atoms with E-state index in [1.165, 1.54) is 17.5 Å². The van der Waals surface area contributed by atoms with Crippen molar-refractivity contribution in [3.63, 3.8) is 0 Å². The molecule has 0 aliphatic rings. The van der Waals surface area contributed by atoms with Crippen LogP contribution in [-0.4, -0.2) is 9.97 Å². The van der Waals surface area contributed by atoms with Gasteiger partial charge in [0, 0.05) is 12.1 Å². The van der Waals surface area contributed by atoms with Gasteiger partial charge in [-0.25, -0.2) is 9.97 Å². The monoisotopic (exact) mass is 284 g/mol. The summed E-state index contributed by atoms with van der Waals surface area (Å²) in [6.45, 7) is 9.32. The Kier molecular flexibility index (Phi) is 4.78. The predicted octanol–water partition coefficient (Wildman–Crippen LogP) is 3.92. The van der Waals surface area contributed by atoms with Crippen molar-refractivity contribution in [2.45, 2.75) is 46.1 Å². The number of nitrogen functional groups attached to an aromatic ring is 1. The molecule has 0 spiro atoms. The first kappa shape index (κ1) is 15.3. The Hall–Kier alpha value is -2.10. The van der Waals surface area contributed by atoms with Crippen molar-refractivity contribution in [3.8, 4) is 0 Å². The van der Waals surface area contributed by atoms with Crippen LogP contribution in [0.5, 0.6) is 0 Å². The van der Waals surface area contributed by atoms with Crippen molar-refractivity contribution in [2.24, 2.45) is 0 Å². The molecule has 0 saturated carbocycles. The molecule has 0 radical (unpaired) electrons. The van der Waals surface area contributed by atoms with E-state index >= 15 is 0 Å². The van der Waals surface area contributed by atoms with Gasteiger partial charge in [-0.05, 0) is 23.0 Å². The van der Waals surface area contributed by atoms with E-state index in [1.54, 1.807) is 0 Å². The van der Waals surface area contributed by atoms with Crippen LogP contribution in [0.15, 0.2) is 30.6 Å². The highest BCUT2D eigenvalue weighted by atomic mass is 15.0. The summed E-state index contributed by atoms with van der Waals surface area (Å²) in [5.74, 6) is 2.22. The van der Waals surface area contributed by atoms with Gasteiger partial charge in [0.05, 0.1) is 0 Å². The molecular weight excluding hydrogens is 260 g/mol. The molecule has 2 aromatic rings. The van der Waals surface area contributed by atoms with Crippen LogP contribution < -0.4 is 11.1 Å². The second kappa shape index (κ2) is 6.57. The Labute approximate surface area is 126 Å². The molecule has 4 nitrogen and oxygen atoms in total. The van der Waals surface area contributed by atoms with Gasteiger partial charge >= 0.3 is 0 Å². The SMILES string of the molecule is CC(C)c1ccc(CNc2ncnc(N)c2C(C)C)cc1. The van der Waals surface area contributed by atoms with E-state index in [0.29, 0.717) is 11.7 Å². The van der Waals surface area contributed by atoms with Crippen LogP contribution in [0.1, 0.15) is 56.2 Å². The first-order chi connectivity index (χ1) is 9.99. The molecule has 4 heteroatoms. The van der Waals surface area contributed by atoms with Crippen molar-refractivity contribution < 1.29 is 0 Å². The number of nitrogens with two attached hydrogens (primary N) is 1. The Morgan fingerprint density at radius 2 is 1.67 bits per heavy atom. The lowest BCUT2D eigenvalue weighted by molar-refractivity contribution is 0.848. The lowest BCUT2D eigenvalue weighted by Gasteiger charge is -2.15. The number of nitrogens with zero attached hydrogens (tertiary/aromatic N) is 2. The minimum atomic E-state index is 0.289. The maximum atomic E-state index is 5.95. The van der Waals surface area contributed by atoms with Crippen LogP contribution in [0, 0.1) is 0 Å². The summed E-state index contributed by atoms with van der Waals surface area (Å²) in [6.07, 6.45) is 1.51. The predicted molar refractivity (Wildman–Crippen MR) is 88.4 cm³/mol. The summed E-state index contributed by atoms with van der Waals surface area (Å²) in [5, 5.41) is 3.37. The van der Waals surface area contributed by atoms with Gasteiger partial charge in [-0.3, -0.25) is 0 Å². The standard InChI is InChI=1S/C17H24N4/c1-11(2)14-7-5-13(6-8-14)9-19-17-15(12(3)4)16(18)20-10-21-17/h5-8,10-12H,9H2,1-4H3,(H3,18,19,20,21). The third-order valence-corrected chi connectivity index (χ3v) is 3.60. The molecule has 0 bridgehead atoms. The van der Waals surface area contributed by atoms with Crippen molar-refractivity contribution in [3.05, 3.63) is 47.3 Å². The fourth-order valence-electron chi connectivity index (χ4n) is 2.33. The molecule has 0 atom stereocenters. The molecule has 0 amide bonds. The highest BCUT2D eigenvalue weighted by Gasteiger charge is 2.12. The second-order valence-corrected chi connectivity index (χ2v) is 5.93. The van der Waals surface area contributed by atoms with E-state index in [9.17, 15) is 0 Å². The highest BCUT2D eigenvalue weighted by molar-refractivity contribution is 5.56. The summed E-state index contributed by atoms with van der Waals surface area (Å²) < 4.78 is 0. The zero-order valence-corrected chi connectivity index (χ0v) is 13.2. The molecule has 21 heavy (non-hydrogen) atoms. The van der Waals surface area contributed by atoms with E-state index in [-0.39, 0.29) is 5.92 Å². The van der Waals surface area contributed by atoms with E-state index in [4.69, 9.17) is 5.73 Å². The first-order valence-electron chi connectivity index (χ1n) is 7.42. The van der Waals surface area contributed by atoms with E-state index in [1.807, 2.05) is 0 Å². The molecular formula is C17H24N4. The summed E-state index contributed by atoms with van der Waals surface area (Å²) in [5.41, 5.74) is 9.52. The Bertz CT molecular complexity index is 588. The molecule has 0 saturated heterocycles. The quantitative estimate of drug-likeness (QED) is 0.873. The third kappa shape index (κ3) is 3.72. The number of nitrogens with one attached hydrogen (secondary N) is 1. The van der Waals surface area contributed by atoms with E-state index in [0.717, 1.165) is 17.9 Å². The maximum Gasteiger partial charge on any atom is 0.135 e. The zero-order chi connectivity index (χ0) is 15.4. The molecule has 0 unspecified atom stereocenters. The fraction of sp³-hybridized carbons (Fsp3) is 0.412. The highest BCUT2D eigenvalue weighted by Crippen LogP contribution is 2.26. The summed E-state index contributed by atoms with van der Waals surface area (Å²) in [7, 11) is 0. The fourth-order valence-corrected chi connectivity index (χ4v) is 2.33. The second-order valence-electron chi connectivity index (χ2n) is 5.93. The van der Waals surface area contributed by atoms with Crippen LogP contribution in [0.25, 0.3) is 0 Å². The number of hydrogen-bond acceptors (Lipinski definition) is 4. The molecule has 0 aliphatic heterocycles. The molecule has 0 aliphatic carbocycles. The number of hydrogen-bond donors (Lipinski definition) is 2. The van der Waals surface area contributed by atoms with Crippen molar-refractivity contribution in [1.29, 1.82) is 0 Å². The summed E-state index contributed by atoms with van der Waals surface area (Å²) >= 11 is 0. The Morgan fingerprint density at radius 3 is 2.24 bits per heavy atom. The van der Waals surface area contributed by atoms with Crippen molar-refractivity contribution in [1.82, 2.24) is 9.97 Å². The van der Waals surface area contributed by atoms with Gasteiger partial charge in [0.1, 0.15) is 18.0 Å². The molecule has 1 aromatic carbocycles. The van der Waals surface area contributed by atoms with E-state index in [2.05, 4.69) is 67.2 Å². The van der Waals surface area contributed by atoms with Crippen LogP contribution >= 0.6 is 0 Å². The van der Waals surface area contributed by atoms with Gasteiger partial charge in [0.15, 0.2) is 0 Å².